The molecule has 2 heterocycles. The minimum absolute atomic E-state index is 0.114. The summed E-state index contributed by atoms with van der Waals surface area (Å²) < 4.78 is 46.8. The molecule has 0 fully saturated rings. The van der Waals surface area contributed by atoms with Gasteiger partial charge >= 0.3 is 12.1 Å². The van der Waals surface area contributed by atoms with Gasteiger partial charge < -0.3 is 15.2 Å². The van der Waals surface area contributed by atoms with Gasteiger partial charge in [0.2, 0.25) is 5.95 Å². The monoisotopic (exact) mass is 541 g/mol. The molecular formula is C26H22F3N5O3S. The zero-order valence-corrected chi connectivity index (χ0v) is 21.3. The number of hydrogen-bond acceptors (Lipinski definition) is 7. The summed E-state index contributed by atoms with van der Waals surface area (Å²) in [5, 5.41) is 15.8. The number of hydrogen-bond donors (Lipinski definition) is 2. The molecule has 0 radical (unpaired) electrons. The van der Waals surface area contributed by atoms with Crippen LogP contribution >= 0.6 is 11.8 Å². The van der Waals surface area contributed by atoms with Gasteiger partial charge in [-0.1, -0.05) is 18.2 Å². The summed E-state index contributed by atoms with van der Waals surface area (Å²) in [6.07, 6.45) is 1.17. The predicted molar refractivity (Wildman–Crippen MR) is 139 cm³/mol. The number of aliphatic carboxylic acids is 1. The average Bonchev–Trinajstić information content (AvgIpc) is 3.29. The highest BCUT2D eigenvalue weighted by Gasteiger charge is 2.35. The fourth-order valence-electron chi connectivity index (χ4n) is 3.61. The minimum Gasteiger partial charge on any atom is -0.497 e. The molecule has 4 rings (SSSR count). The molecule has 0 spiro atoms. The van der Waals surface area contributed by atoms with Crippen molar-refractivity contribution in [3.05, 3.63) is 77.8 Å². The Morgan fingerprint density at radius 1 is 1.18 bits per heavy atom. The second-order valence-corrected chi connectivity index (χ2v) is 8.91. The lowest BCUT2D eigenvalue weighted by molar-refractivity contribution is -0.141. The van der Waals surface area contributed by atoms with Crippen LogP contribution in [0.1, 0.15) is 17.0 Å². The highest BCUT2D eigenvalue weighted by atomic mass is 32.2. The number of aromatic nitrogens is 4. The predicted octanol–water partition coefficient (Wildman–Crippen LogP) is 6.23. The first-order chi connectivity index (χ1) is 18.1. The Bertz CT molecular complexity index is 1500. The summed E-state index contributed by atoms with van der Waals surface area (Å²) in [6, 6.07) is 13.2. The lowest BCUT2D eigenvalue weighted by Gasteiger charge is -2.14. The zero-order chi connectivity index (χ0) is 27.4. The first kappa shape index (κ1) is 26.7. The van der Waals surface area contributed by atoms with E-state index in [2.05, 4.69) is 20.4 Å². The molecule has 0 atom stereocenters. The van der Waals surface area contributed by atoms with Crippen molar-refractivity contribution in [2.24, 2.45) is 0 Å². The summed E-state index contributed by atoms with van der Waals surface area (Å²) in [5.41, 5.74) is 1.33. The molecule has 4 aromatic rings. The number of methoxy groups -OCH3 is 1. The van der Waals surface area contributed by atoms with Gasteiger partial charge in [0.05, 0.1) is 7.11 Å². The van der Waals surface area contributed by atoms with Crippen molar-refractivity contribution in [2.75, 3.05) is 18.7 Å². The largest absolute Gasteiger partial charge is 0.497 e. The fraction of sp³-hybridized carbons (Fsp3) is 0.154. The van der Waals surface area contributed by atoms with Crippen LogP contribution in [0.15, 0.2) is 65.7 Å². The van der Waals surface area contributed by atoms with Gasteiger partial charge in [-0.25, -0.2) is 14.5 Å². The van der Waals surface area contributed by atoms with Crippen LogP contribution in [0, 0.1) is 6.92 Å². The maximum atomic E-state index is 13.4. The molecule has 8 nitrogen and oxygen atoms in total. The van der Waals surface area contributed by atoms with Crippen molar-refractivity contribution in [3.8, 4) is 22.7 Å². The molecule has 2 aromatic carbocycles. The van der Waals surface area contributed by atoms with Crippen LogP contribution < -0.4 is 10.1 Å². The van der Waals surface area contributed by atoms with E-state index < -0.39 is 17.8 Å². The van der Waals surface area contributed by atoms with Crippen molar-refractivity contribution in [3.63, 3.8) is 0 Å². The van der Waals surface area contributed by atoms with Crippen LogP contribution in [0.5, 0.6) is 5.75 Å². The number of anilines is 2. The molecule has 0 saturated carbocycles. The number of halogens is 3. The molecule has 2 N–H and O–H groups in total. The summed E-state index contributed by atoms with van der Waals surface area (Å²) in [5.74, 6) is -0.249. The molecule has 0 bridgehead atoms. The summed E-state index contributed by atoms with van der Waals surface area (Å²) >= 11 is 1.51. The normalized spacial score (nSPS) is 11.6. The second-order valence-electron chi connectivity index (χ2n) is 8.03. The van der Waals surface area contributed by atoms with E-state index in [9.17, 15) is 18.0 Å². The van der Waals surface area contributed by atoms with Crippen molar-refractivity contribution >= 4 is 35.4 Å². The van der Waals surface area contributed by atoms with E-state index in [0.29, 0.717) is 28.1 Å². The Kier molecular flexibility index (Phi) is 7.72. The third-order valence-electron chi connectivity index (χ3n) is 5.37. The van der Waals surface area contributed by atoms with Crippen LogP contribution in [0.2, 0.25) is 0 Å². The molecule has 0 aliphatic heterocycles. The van der Waals surface area contributed by atoms with Gasteiger partial charge in [0, 0.05) is 40.2 Å². The van der Waals surface area contributed by atoms with E-state index in [1.54, 1.807) is 37.4 Å². The van der Waals surface area contributed by atoms with E-state index >= 15 is 0 Å². The number of benzene rings is 2. The van der Waals surface area contributed by atoms with Gasteiger partial charge in [-0.2, -0.15) is 23.3 Å². The zero-order valence-electron chi connectivity index (χ0n) is 20.4. The Morgan fingerprint density at radius 2 is 1.97 bits per heavy atom. The number of ether oxygens (including phenoxy) is 1. The highest BCUT2D eigenvalue weighted by Crippen LogP contribution is 2.33. The van der Waals surface area contributed by atoms with Crippen LogP contribution in [0.25, 0.3) is 23.0 Å². The smallest absolute Gasteiger partial charge is 0.435 e. The van der Waals surface area contributed by atoms with E-state index in [4.69, 9.17) is 9.84 Å². The lowest BCUT2D eigenvalue weighted by atomic mass is 10.0. The number of rotatable bonds is 8. The van der Waals surface area contributed by atoms with Crippen molar-refractivity contribution in [1.82, 2.24) is 19.7 Å². The van der Waals surface area contributed by atoms with Crippen LogP contribution in [0.3, 0.4) is 0 Å². The second kappa shape index (κ2) is 11.0. The summed E-state index contributed by atoms with van der Waals surface area (Å²) in [6.45, 7) is 1.50. The fourth-order valence-corrected chi connectivity index (χ4v) is 4.09. The molecule has 0 unspecified atom stereocenters. The van der Waals surface area contributed by atoms with E-state index in [-0.39, 0.29) is 17.5 Å². The van der Waals surface area contributed by atoms with Crippen molar-refractivity contribution in [1.29, 1.82) is 0 Å². The third kappa shape index (κ3) is 6.14. The Labute approximate surface area is 220 Å². The average molecular weight is 542 g/mol. The van der Waals surface area contributed by atoms with Crippen LogP contribution in [-0.4, -0.2) is 44.2 Å². The minimum atomic E-state index is -4.64. The maximum Gasteiger partial charge on any atom is 0.435 e. The standard InChI is InChI=1S/C26H22F3N5O3S/c1-15-9-22(26(27,28)29)33-34(15)24-21(17-6-4-5-16(10-17)7-8-23(35)36)14-30-25(32-24)31-18-11-19(37-2)13-20(12-18)38-3/h4-14H,1-3H3,(H,35,36)(H,30,31,32)/b8-7+. The number of carboxylic acid groups (broad SMARTS) is 1. The van der Waals surface area contributed by atoms with Gasteiger partial charge in [0.1, 0.15) is 5.75 Å². The molecule has 0 amide bonds. The Balaban J connectivity index is 1.85. The number of carbonyl (C=O) groups is 1. The SMILES string of the molecule is COc1cc(Nc2ncc(-c3cccc(/C=C/C(=O)O)c3)c(-n3nc(C(F)(F)F)cc3C)n2)cc(SC)c1. The van der Waals surface area contributed by atoms with Gasteiger partial charge in [0.25, 0.3) is 0 Å². The van der Waals surface area contributed by atoms with Gasteiger partial charge in [0.15, 0.2) is 11.5 Å². The first-order valence-corrected chi connectivity index (χ1v) is 12.3. The quantitative estimate of drug-likeness (QED) is 0.200. The number of carboxylic acids is 1. The van der Waals surface area contributed by atoms with Gasteiger partial charge in [-0.3, -0.25) is 0 Å². The number of nitrogens with zero attached hydrogens (tertiary/aromatic N) is 4. The molecule has 2 aromatic heterocycles. The van der Waals surface area contributed by atoms with E-state index in [1.807, 2.05) is 18.4 Å². The molecular weight excluding hydrogens is 519 g/mol. The van der Waals surface area contributed by atoms with Crippen LogP contribution in [0.4, 0.5) is 24.8 Å². The molecule has 38 heavy (non-hydrogen) atoms. The third-order valence-corrected chi connectivity index (χ3v) is 6.08. The topological polar surface area (TPSA) is 102 Å². The van der Waals surface area contributed by atoms with E-state index in [1.165, 1.54) is 31.0 Å². The first-order valence-electron chi connectivity index (χ1n) is 11.1. The lowest BCUT2D eigenvalue weighted by Crippen LogP contribution is -2.10. The van der Waals surface area contributed by atoms with Gasteiger partial charge in [-0.05, 0) is 54.6 Å². The Morgan fingerprint density at radius 3 is 2.63 bits per heavy atom. The number of nitrogens with one attached hydrogen (secondary N) is 1. The number of alkyl halides is 3. The highest BCUT2D eigenvalue weighted by molar-refractivity contribution is 7.98. The van der Waals surface area contributed by atoms with Crippen LogP contribution in [-0.2, 0) is 11.0 Å². The molecule has 0 aliphatic rings. The Hall–Kier alpha value is -4.32. The molecule has 196 valence electrons. The maximum absolute atomic E-state index is 13.4. The van der Waals surface area contributed by atoms with Crippen molar-refractivity contribution in [2.45, 2.75) is 18.0 Å². The van der Waals surface area contributed by atoms with E-state index in [0.717, 1.165) is 21.7 Å². The number of thioether (sulfide) groups is 1. The van der Waals surface area contributed by atoms with Gasteiger partial charge in [-0.15, -0.1) is 11.8 Å². The molecule has 12 heteroatoms. The summed E-state index contributed by atoms with van der Waals surface area (Å²) in [7, 11) is 1.55. The molecule has 0 aliphatic carbocycles. The molecule has 0 saturated heterocycles. The van der Waals surface area contributed by atoms with Crippen molar-refractivity contribution < 1.29 is 27.8 Å². The summed E-state index contributed by atoms with van der Waals surface area (Å²) in [4.78, 5) is 20.8. The number of aryl methyl sites for hydroxylation is 1.